The Morgan fingerprint density at radius 2 is 1.04 bits per heavy atom. The van der Waals surface area contributed by atoms with Crippen LogP contribution in [0.15, 0.2) is 0 Å². The lowest BCUT2D eigenvalue weighted by atomic mass is 10.2. The van der Waals surface area contributed by atoms with Gasteiger partial charge < -0.3 is 10.6 Å². The molecule has 1 aromatic carbocycles. The molecule has 136 valence electrons. The predicted octanol–water partition coefficient (Wildman–Crippen LogP) is 4.00. The zero-order valence-corrected chi connectivity index (χ0v) is 10.6. The van der Waals surface area contributed by atoms with Gasteiger partial charge in [-0.25, -0.2) is 26.7 Å². The van der Waals surface area contributed by atoms with Crippen molar-refractivity contribution in [2.24, 2.45) is 0 Å². The van der Waals surface area contributed by atoms with Crippen molar-refractivity contribution in [3.63, 3.8) is 0 Å². The van der Waals surface area contributed by atoms with E-state index in [1.54, 1.807) is 0 Å². The minimum atomic E-state index is -6.04. The smallest absolute Gasteiger partial charge is 0.318 e. The van der Waals surface area contributed by atoms with Gasteiger partial charge in [0.1, 0.15) is 5.69 Å². The Bertz CT molecular complexity index is 609. The van der Waals surface area contributed by atoms with Gasteiger partial charge in [-0.05, 0) is 0 Å². The number of rotatable bonds is 2. The van der Waals surface area contributed by atoms with Crippen LogP contribution in [0.2, 0.25) is 0 Å². The lowest BCUT2D eigenvalue weighted by molar-refractivity contribution is -0.255. The lowest BCUT2D eigenvalue weighted by Crippen LogP contribution is -2.55. The molecular weight excluding hydrogens is 373 g/mol. The number of nitrogens with one attached hydrogen (secondary N) is 2. The summed E-state index contributed by atoms with van der Waals surface area (Å²) in [6, 6.07) is -6.94. The Hall–Kier alpha value is -2.28. The Kier molecular flexibility index (Phi) is 5.20. The third-order valence-electron chi connectivity index (χ3n) is 2.38. The summed E-state index contributed by atoms with van der Waals surface area (Å²) in [5.74, 6) is -13.1. The van der Waals surface area contributed by atoms with Crippen LogP contribution in [-0.2, 0) is 0 Å². The molecule has 1 aromatic rings. The molecule has 0 unspecified atom stereocenters. The molecule has 2 N–H and O–H groups in total. The van der Waals surface area contributed by atoms with E-state index in [0.29, 0.717) is 5.32 Å². The van der Waals surface area contributed by atoms with Crippen LogP contribution in [0.1, 0.15) is 0 Å². The summed E-state index contributed by atoms with van der Waals surface area (Å²) in [6.07, 6.45) is -12.1. The van der Waals surface area contributed by atoms with Crippen molar-refractivity contribution in [1.29, 1.82) is 0 Å². The molecule has 0 aliphatic heterocycles. The average Bonchev–Trinajstić information content (AvgIpc) is 2.42. The molecule has 0 aromatic heterocycles. The molecular formula is C10H3F11N2O. The van der Waals surface area contributed by atoms with Gasteiger partial charge in [0.2, 0.25) is 11.9 Å². The Labute approximate surface area is 124 Å². The van der Waals surface area contributed by atoms with Crippen LogP contribution in [0.25, 0.3) is 0 Å². The van der Waals surface area contributed by atoms with E-state index in [9.17, 15) is 53.1 Å². The fourth-order valence-corrected chi connectivity index (χ4v) is 1.34. The zero-order chi connectivity index (χ0) is 19.0. The topological polar surface area (TPSA) is 41.1 Å². The highest BCUT2D eigenvalue weighted by Gasteiger charge is 2.57. The second-order valence-electron chi connectivity index (χ2n) is 4.06. The van der Waals surface area contributed by atoms with E-state index in [4.69, 9.17) is 0 Å². The van der Waals surface area contributed by atoms with Crippen LogP contribution >= 0.6 is 0 Å². The number of carbonyl (C=O) groups excluding carboxylic acids is 1. The molecule has 0 heterocycles. The SMILES string of the molecule is O=C(Nc1c(F)c(F)c(F)c(F)c1F)NC(C(F)(F)F)C(F)(F)F. The summed E-state index contributed by atoms with van der Waals surface area (Å²) in [5, 5.41) is 0.997. The Balaban J connectivity index is 3.13. The van der Waals surface area contributed by atoms with Gasteiger partial charge in [0.05, 0.1) is 0 Å². The van der Waals surface area contributed by atoms with Crippen molar-refractivity contribution >= 4 is 11.7 Å². The first-order valence-corrected chi connectivity index (χ1v) is 5.40. The van der Waals surface area contributed by atoms with Crippen LogP contribution < -0.4 is 10.6 Å². The van der Waals surface area contributed by atoms with E-state index in [2.05, 4.69) is 0 Å². The van der Waals surface area contributed by atoms with Crippen LogP contribution in [0, 0.1) is 29.1 Å². The minimum absolute atomic E-state index is 0.281. The molecule has 2 amide bonds. The van der Waals surface area contributed by atoms with Gasteiger partial charge in [-0.15, -0.1) is 0 Å². The molecule has 3 nitrogen and oxygen atoms in total. The highest BCUT2D eigenvalue weighted by molar-refractivity contribution is 5.89. The molecule has 0 saturated heterocycles. The Morgan fingerprint density at radius 3 is 1.38 bits per heavy atom. The van der Waals surface area contributed by atoms with Gasteiger partial charge in [0.25, 0.3) is 0 Å². The zero-order valence-electron chi connectivity index (χ0n) is 10.6. The molecule has 0 aliphatic rings. The van der Waals surface area contributed by atoms with E-state index in [1.807, 2.05) is 0 Å². The number of alkyl halides is 6. The first-order chi connectivity index (χ1) is 10.7. The molecule has 1 rings (SSSR count). The number of benzene rings is 1. The number of hydrogen-bond acceptors (Lipinski definition) is 1. The lowest BCUT2D eigenvalue weighted by Gasteiger charge is -2.24. The Morgan fingerprint density at radius 1 is 0.708 bits per heavy atom. The summed E-state index contributed by atoms with van der Waals surface area (Å²) >= 11 is 0. The molecule has 0 bridgehead atoms. The first-order valence-electron chi connectivity index (χ1n) is 5.40. The third-order valence-corrected chi connectivity index (χ3v) is 2.38. The summed E-state index contributed by atoms with van der Waals surface area (Å²) in [6.45, 7) is 0. The van der Waals surface area contributed by atoms with Gasteiger partial charge in [-0.2, -0.15) is 26.3 Å². The standard InChI is InChI=1S/C10H3F11N2O/c11-1-2(12)4(14)6(5(15)3(1)13)22-8(24)23-7(9(16,17)18)10(19,20)21/h7H,(H2,22,23,24). The summed E-state index contributed by atoms with van der Waals surface area (Å²) in [7, 11) is 0. The van der Waals surface area contributed by atoms with Crippen LogP contribution in [0.5, 0.6) is 0 Å². The molecule has 14 heteroatoms. The summed E-state index contributed by atoms with van der Waals surface area (Å²) in [4.78, 5) is 11.0. The van der Waals surface area contributed by atoms with Crippen molar-refractivity contribution in [2.75, 3.05) is 5.32 Å². The highest BCUT2D eigenvalue weighted by Crippen LogP contribution is 2.33. The van der Waals surface area contributed by atoms with E-state index in [0.717, 1.165) is 0 Å². The highest BCUT2D eigenvalue weighted by atomic mass is 19.4. The maximum Gasteiger partial charge on any atom is 0.417 e. The van der Waals surface area contributed by atoms with E-state index >= 15 is 0 Å². The fraction of sp³-hybridized carbons (Fsp3) is 0.300. The number of hydrogen-bond donors (Lipinski definition) is 2. The van der Waals surface area contributed by atoms with Crippen molar-refractivity contribution in [1.82, 2.24) is 5.32 Å². The van der Waals surface area contributed by atoms with Gasteiger partial charge in [0.15, 0.2) is 23.3 Å². The van der Waals surface area contributed by atoms with E-state index in [1.165, 1.54) is 0 Å². The van der Waals surface area contributed by atoms with Crippen molar-refractivity contribution in [2.45, 2.75) is 18.4 Å². The number of halogens is 11. The largest absolute Gasteiger partial charge is 0.417 e. The number of carbonyl (C=O) groups is 1. The minimum Gasteiger partial charge on any atom is -0.318 e. The number of amides is 2. The predicted molar refractivity (Wildman–Crippen MR) is 54.3 cm³/mol. The number of anilines is 1. The van der Waals surface area contributed by atoms with Crippen molar-refractivity contribution in [3.8, 4) is 0 Å². The maximum atomic E-state index is 13.2. The van der Waals surface area contributed by atoms with Crippen molar-refractivity contribution in [3.05, 3.63) is 29.1 Å². The van der Waals surface area contributed by atoms with Gasteiger partial charge >= 0.3 is 18.4 Å². The van der Waals surface area contributed by atoms with Gasteiger partial charge in [-0.1, -0.05) is 0 Å². The molecule has 24 heavy (non-hydrogen) atoms. The van der Waals surface area contributed by atoms with Crippen LogP contribution in [-0.4, -0.2) is 24.4 Å². The molecule has 0 atom stereocenters. The fourth-order valence-electron chi connectivity index (χ4n) is 1.34. The summed E-state index contributed by atoms with van der Waals surface area (Å²) in [5.41, 5.74) is -2.12. The maximum absolute atomic E-state index is 13.2. The third kappa shape index (κ3) is 3.97. The average molecular weight is 376 g/mol. The first kappa shape index (κ1) is 19.8. The molecule has 0 radical (unpaired) electrons. The molecule has 0 saturated carbocycles. The van der Waals surface area contributed by atoms with Crippen molar-refractivity contribution < 1.29 is 53.1 Å². The monoisotopic (exact) mass is 376 g/mol. The van der Waals surface area contributed by atoms with E-state index in [-0.39, 0.29) is 5.32 Å². The summed E-state index contributed by atoms with van der Waals surface area (Å²) < 4.78 is 138. The van der Waals surface area contributed by atoms with Crippen LogP contribution in [0.4, 0.5) is 58.8 Å². The second-order valence-corrected chi connectivity index (χ2v) is 4.06. The van der Waals surface area contributed by atoms with Gasteiger partial charge in [0, 0.05) is 0 Å². The van der Waals surface area contributed by atoms with Crippen LogP contribution in [0.3, 0.4) is 0 Å². The quantitative estimate of drug-likeness (QED) is 0.458. The normalized spacial score (nSPS) is 12.5. The second kappa shape index (κ2) is 6.32. The molecule has 0 fully saturated rings. The van der Waals surface area contributed by atoms with Gasteiger partial charge in [-0.3, -0.25) is 0 Å². The van der Waals surface area contributed by atoms with E-state index < -0.39 is 59.2 Å². The molecule has 0 aliphatic carbocycles. The molecule has 0 spiro atoms. The number of urea groups is 1.